The number of rotatable bonds is 4. The molecule has 1 aromatic heterocycles. The first-order valence-corrected chi connectivity index (χ1v) is 6.14. The van der Waals surface area contributed by atoms with Gasteiger partial charge < -0.3 is 16.2 Å². The van der Waals surface area contributed by atoms with Crippen molar-refractivity contribution in [3.8, 4) is 0 Å². The monoisotopic (exact) mass is 249 g/mol. The molecule has 1 fully saturated rings. The van der Waals surface area contributed by atoms with Crippen molar-refractivity contribution < 1.29 is 9.90 Å². The molecule has 1 aliphatic carbocycles. The fourth-order valence-electron chi connectivity index (χ4n) is 1.65. The zero-order valence-electron chi connectivity index (χ0n) is 10.7. The highest BCUT2D eigenvalue weighted by Crippen LogP contribution is 2.39. The van der Waals surface area contributed by atoms with Crippen LogP contribution >= 0.6 is 0 Å². The first-order valence-electron chi connectivity index (χ1n) is 6.14. The van der Waals surface area contributed by atoms with Crippen LogP contribution in [-0.2, 0) is 0 Å². The quantitative estimate of drug-likeness (QED) is 0.744. The van der Waals surface area contributed by atoms with E-state index in [2.05, 4.69) is 10.3 Å². The number of pyridine rings is 1. The summed E-state index contributed by atoms with van der Waals surface area (Å²) < 4.78 is 0. The van der Waals surface area contributed by atoms with E-state index in [1.807, 2.05) is 6.07 Å². The summed E-state index contributed by atoms with van der Waals surface area (Å²) in [7, 11) is 0. The average molecular weight is 249 g/mol. The summed E-state index contributed by atoms with van der Waals surface area (Å²) in [5.74, 6) is 0.142. The van der Waals surface area contributed by atoms with E-state index in [-0.39, 0.29) is 18.1 Å². The third kappa shape index (κ3) is 3.20. The van der Waals surface area contributed by atoms with Crippen LogP contribution in [0.15, 0.2) is 12.1 Å². The Labute approximate surface area is 106 Å². The molecule has 0 radical (unpaired) electrons. The van der Waals surface area contributed by atoms with Crippen molar-refractivity contribution in [2.45, 2.75) is 38.2 Å². The van der Waals surface area contributed by atoms with Crippen molar-refractivity contribution in [2.75, 3.05) is 12.3 Å². The van der Waals surface area contributed by atoms with Crippen LogP contribution < -0.4 is 11.1 Å². The first kappa shape index (κ1) is 12.8. The van der Waals surface area contributed by atoms with Crippen LogP contribution in [0.5, 0.6) is 0 Å². The van der Waals surface area contributed by atoms with Crippen LogP contribution in [0.1, 0.15) is 48.8 Å². The summed E-state index contributed by atoms with van der Waals surface area (Å²) in [6.45, 7) is 3.43. The minimum Gasteiger partial charge on any atom is -0.397 e. The molecule has 0 spiro atoms. The van der Waals surface area contributed by atoms with Gasteiger partial charge in [0, 0.05) is 18.2 Å². The highest BCUT2D eigenvalue weighted by molar-refractivity contribution is 5.97. The average Bonchev–Trinajstić information content (AvgIpc) is 3.09. The number of aromatic nitrogens is 1. The zero-order chi connectivity index (χ0) is 13.3. The van der Waals surface area contributed by atoms with Gasteiger partial charge in [-0.15, -0.1) is 0 Å². The van der Waals surface area contributed by atoms with Gasteiger partial charge in [-0.3, -0.25) is 4.79 Å². The topological polar surface area (TPSA) is 88.2 Å². The Balaban J connectivity index is 2.11. The lowest BCUT2D eigenvalue weighted by Gasteiger charge is -2.17. The summed E-state index contributed by atoms with van der Waals surface area (Å²) in [5, 5.41) is 12.2. The number of amides is 1. The van der Waals surface area contributed by atoms with Gasteiger partial charge >= 0.3 is 0 Å². The highest BCUT2D eigenvalue weighted by atomic mass is 16.3. The van der Waals surface area contributed by atoms with Crippen LogP contribution in [0.3, 0.4) is 0 Å². The molecule has 0 aromatic carbocycles. The second-order valence-electron chi connectivity index (χ2n) is 5.44. The molecule has 0 aliphatic heterocycles. The van der Waals surface area contributed by atoms with E-state index in [0.717, 1.165) is 18.5 Å². The van der Waals surface area contributed by atoms with Crippen molar-refractivity contribution in [1.82, 2.24) is 10.3 Å². The van der Waals surface area contributed by atoms with E-state index in [0.29, 0.717) is 11.6 Å². The molecule has 18 heavy (non-hydrogen) atoms. The van der Waals surface area contributed by atoms with Crippen molar-refractivity contribution in [1.29, 1.82) is 0 Å². The molecule has 0 bridgehead atoms. The summed E-state index contributed by atoms with van der Waals surface area (Å²) in [6.07, 6.45) is 2.25. The molecule has 0 saturated heterocycles. The standard InChI is InChI=1S/C13H19N3O2/c1-13(2,18)7-15-12(17)11-9(14)5-6-10(16-11)8-3-4-8/h5-6,8,18H,3-4,7,14H2,1-2H3,(H,15,17). The predicted molar refractivity (Wildman–Crippen MR) is 69.3 cm³/mol. The zero-order valence-corrected chi connectivity index (χ0v) is 10.7. The maximum atomic E-state index is 11.9. The van der Waals surface area contributed by atoms with Crippen molar-refractivity contribution >= 4 is 11.6 Å². The number of anilines is 1. The van der Waals surface area contributed by atoms with Gasteiger partial charge in [0.05, 0.1) is 11.3 Å². The number of hydrogen-bond acceptors (Lipinski definition) is 4. The molecule has 2 rings (SSSR count). The maximum absolute atomic E-state index is 11.9. The minimum atomic E-state index is -0.946. The summed E-state index contributed by atoms with van der Waals surface area (Å²) in [6, 6.07) is 3.60. The molecular weight excluding hydrogens is 230 g/mol. The SMILES string of the molecule is CC(C)(O)CNC(=O)c1nc(C2CC2)ccc1N. The molecule has 0 unspecified atom stereocenters. The van der Waals surface area contributed by atoms with Crippen LogP contribution in [-0.4, -0.2) is 28.1 Å². The third-order valence-electron chi connectivity index (χ3n) is 2.84. The van der Waals surface area contributed by atoms with Gasteiger partial charge in [-0.1, -0.05) is 0 Å². The number of nitrogens with one attached hydrogen (secondary N) is 1. The van der Waals surface area contributed by atoms with Gasteiger partial charge in [-0.05, 0) is 38.8 Å². The number of hydrogen-bond donors (Lipinski definition) is 3. The van der Waals surface area contributed by atoms with Crippen molar-refractivity contribution in [2.24, 2.45) is 0 Å². The van der Waals surface area contributed by atoms with E-state index >= 15 is 0 Å². The van der Waals surface area contributed by atoms with Crippen LogP contribution in [0.25, 0.3) is 0 Å². The number of nitrogens with zero attached hydrogens (tertiary/aromatic N) is 1. The summed E-state index contributed by atoms with van der Waals surface area (Å²) in [4.78, 5) is 16.3. The molecule has 1 amide bonds. The Morgan fingerprint density at radius 1 is 1.56 bits per heavy atom. The Hall–Kier alpha value is -1.62. The van der Waals surface area contributed by atoms with Crippen molar-refractivity contribution in [3.05, 3.63) is 23.5 Å². The Kier molecular flexibility index (Phi) is 3.26. The number of carbonyl (C=O) groups excluding carboxylic acids is 1. The lowest BCUT2D eigenvalue weighted by atomic mass is 10.1. The summed E-state index contributed by atoms with van der Waals surface area (Å²) in [5.41, 5.74) is 6.37. The molecule has 1 aromatic rings. The lowest BCUT2D eigenvalue weighted by molar-refractivity contribution is 0.0692. The molecule has 1 heterocycles. The van der Waals surface area contributed by atoms with E-state index in [4.69, 9.17) is 5.73 Å². The molecular formula is C13H19N3O2. The Morgan fingerprint density at radius 3 is 2.78 bits per heavy atom. The fourth-order valence-corrected chi connectivity index (χ4v) is 1.65. The fraction of sp³-hybridized carbons (Fsp3) is 0.538. The minimum absolute atomic E-state index is 0.167. The van der Waals surface area contributed by atoms with Crippen LogP contribution in [0, 0.1) is 0 Å². The van der Waals surface area contributed by atoms with Gasteiger partial charge in [0.25, 0.3) is 5.91 Å². The molecule has 0 atom stereocenters. The number of aliphatic hydroxyl groups is 1. The highest BCUT2D eigenvalue weighted by Gasteiger charge is 2.26. The first-order chi connectivity index (χ1) is 8.37. The molecule has 5 heteroatoms. The molecule has 1 aliphatic rings. The molecule has 1 saturated carbocycles. The van der Waals surface area contributed by atoms with E-state index < -0.39 is 5.60 Å². The van der Waals surface area contributed by atoms with Crippen LogP contribution in [0.2, 0.25) is 0 Å². The second-order valence-corrected chi connectivity index (χ2v) is 5.44. The molecule has 98 valence electrons. The number of nitrogens with two attached hydrogens (primary N) is 1. The predicted octanol–water partition coefficient (Wildman–Crippen LogP) is 1.04. The van der Waals surface area contributed by atoms with Crippen LogP contribution in [0.4, 0.5) is 5.69 Å². The van der Waals surface area contributed by atoms with Gasteiger partial charge in [-0.2, -0.15) is 0 Å². The van der Waals surface area contributed by atoms with E-state index in [9.17, 15) is 9.90 Å². The third-order valence-corrected chi connectivity index (χ3v) is 2.84. The van der Waals surface area contributed by atoms with Gasteiger partial charge in [-0.25, -0.2) is 4.98 Å². The van der Waals surface area contributed by atoms with Gasteiger partial charge in [0.2, 0.25) is 0 Å². The summed E-state index contributed by atoms with van der Waals surface area (Å²) >= 11 is 0. The number of carbonyl (C=O) groups is 1. The largest absolute Gasteiger partial charge is 0.397 e. The smallest absolute Gasteiger partial charge is 0.272 e. The van der Waals surface area contributed by atoms with Gasteiger partial charge in [0.15, 0.2) is 5.69 Å². The van der Waals surface area contributed by atoms with E-state index in [1.165, 1.54) is 0 Å². The van der Waals surface area contributed by atoms with Gasteiger partial charge in [0.1, 0.15) is 0 Å². The molecule has 5 nitrogen and oxygen atoms in total. The Morgan fingerprint density at radius 2 is 2.22 bits per heavy atom. The second kappa shape index (κ2) is 4.57. The maximum Gasteiger partial charge on any atom is 0.272 e. The normalized spacial score (nSPS) is 15.5. The molecule has 4 N–H and O–H groups in total. The number of nitrogen functional groups attached to an aromatic ring is 1. The lowest BCUT2D eigenvalue weighted by Crippen LogP contribution is -2.38. The van der Waals surface area contributed by atoms with Crippen molar-refractivity contribution in [3.63, 3.8) is 0 Å². The van der Waals surface area contributed by atoms with E-state index in [1.54, 1.807) is 19.9 Å². The Bertz CT molecular complexity index is 462.